The van der Waals surface area contributed by atoms with Crippen molar-refractivity contribution in [3.05, 3.63) is 24.3 Å². The van der Waals surface area contributed by atoms with Gasteiger partial charge < -0.3 is 20.1 Å². The monoisotopic (exact) mass is 278 g/mol. The SMILES string of the molecule is COc1ccc(OC(C)C(=O)N2CCCC(N)C2)cc1. The van der Waals surface area contributed by atoms with Crippen LogP contribution in [0.5, 0.6) is 11.5 Å². The molecule has 110 valence electrons. The van der Waals surface area contributed by atoms with Crippen molar-refractivity contribution < 1.29 is 14.3 Å². The van der Waals surface area contributed by atoms with Crippen molar-refractivity contribution in [2.75, 3.05) is 20.2 Å². The third-order valence-corrected chi connectivity index (χ3v) is 3.49. The van der Waals surface area contributed by atoms with Crippen molar-refractivity contribution in [3.8, 4) is 11.5 Å². The zero-order chi connectivity index (χ0) is 14.5. The van der Waals surface area contributed by atoms with Gasteiger partial charge >= 0.3 is 0 Å². The molecule has 1 fully saturated rings. The van der Waals surface area contributed by atoms with Crippen LogP contribution in [-0.2, 0) is 4.79 Å². The van der Waals surface area contributed by atoms with Crippen molar-refractivity contribution in [1.29, 1.82) is 0 Å². The maximum Gasteiger partial charge on any atom is 0.263 e. The first kappa shape index (κ1) is 14.7. The molecule has 2 unspecified atom stereocenters. The highest BCUT2D eigenvalue weighted by atomic mass is 16.5. The van der Waals surface area contributed by atoms with Gasteiger partial charge in [0, 0.05) is 19.1 Å². The van der Waals surface area contributed by atoms with E-state index in [9.17, 15) is 4.79 Å². The lowest BCUT2D eigenvalue weighted by Gasteiger charge is -2.32. The number of nitrogens with two attached hydrogens (primary N) is 1. The maximum absolute atomic E-state index is 12.3. The summed E-state index contributed by atoms with van der Waals surface area (Å²) in [7, 11) is 1.61. The van der Waals surface area contributed by atoms with Crippen LogP contribution in [0.1, 0.15) is 19.8 Å². The van der Waals surface area contributed by atoms with Crippen molar-refractivity contribution in [3.63, 3.8) is 0 Å². The summed E-state index contributed by atoms with van der Waals surface area (Å²) in [6.07, 6.45) is 1.44. The van der Waals surface area contributed by atoms with Gasteiger partial charge in [-0.05, 0) is 44.0 Å². The van der Waals surface area contributed by atoms with Gasteiger partial charge in [-0.15, -0.1) is 0 Å². The Morgan fingerprint density at radius 2 is 2.00 bits per heavy atom. The predicted octanol–water partition coefficient (Wildman–Crippen LogP) is 1.41. The Hall–Kier alpha value is -1.75. The van der Waals surface area contributed by atoms with Crippen LogP contribution in [0.3, 0.4) is 0 Å². The van der Waals surface area contributed by atoms with Crippen LogP contribution >= 0.6 is 0 Å². The Morgan fingerprint density at radius 1 is 1.35 bits per heavy atom. The second-order valence-electron chi connectivity index (χ2n) is 5.12. The van der Waals surface area contributed by atoms with E-state index >= 15 is 0 Å². The standard InChI is InChI=1S/C15H22N2O3/c1-11(15(18)17-9-3-4-12(16)10-17)20-14-7-5-13(19-2)6-8-14/h5-8,11-12H,3-4,9-10,16H2,1-2H3. The van der Waals surface area contributed by atoms with E-state index in [1.807, 2.05) is 12.1 Å². The van der Waals surface area contributed by atoms with Crippen molar-refractivity contribution in [2.45, 2.75) is 31.9 Å². The first-order valence-corrected chi connectivity index (χ1v) is 6.95. The number of methoxy groups -OCH3 is 1. The Kier molecular flexibility index (Phi) is 4.84. The number of amides is 1. The molecule has 1 amide bonds. The minimum Gasteiger partial charge on any atom is -0.497 e. The van der Waals surface area contributed by atoms with Crippen LogP contribution in [0.25, 0.3) is 0 Å². The van der Waals surface area contributed by atoms with E-state index in [2.05, 4.69) is 0 Å². The van der Waals surface area contributed by atoms with Gasteiger partial charge in [-0.3, -0.25) is 4.79 Å². The summed E-state index contributed by atoms with van der Waals surface area (Å²) in [4.78, 5) is 14.1. The van der Waals surface area contributed by atoms with Gasteiger partial charge in [0.1, 0.15) is 11.5 Å². The lowest BCUT2D eigenvalue weighted by molar-refractivity contribution is -0.139. The number of benzene rings is 1. The summed E-state index contributed by atoms with van der Waals surface area (Å²) >= 11 is 0. The molecule has 1 aliphatic heterocycles. The van der Waals surface area contributed by atoms with Gasteiger partial charge in [-0.2, -0.15) is 0 Å². The molecule has 1 heterocycles. The van der Waals surface area contributed by atoms with E-state index < -0.39 is 6.10 Å². The zero-order valence-electron chi connectivity index (χ0n) is 12.0. The Labute approximate surface area is 119 Å². The van der Waals surface area contributed by atoms with Crippen LogP contribution in [0.15, 0.2) is 24.3 Å². The van der Waals surface area contributed by atoms with Crippen LogP contribution < -0.4 is 15.2 Å². The lowest BCUT2D eigenvalue weighted by atomic mass is 10.1. The van der Waals surface area contributed by atoms with E-state index in [0.29, 0.717) is 12.3 Å². The molecular weight excluding hydrogens is 256 g/mol. The molecule has 1 saturated heterocycles. The summed E-state index contributed by atoms with van der Waals surface area (Å²) in [5.41, 5.74) is 5.90. The normalized spacial score (nSPS) is 20.4. The van der Waals surface area contributed by atoms with Crippen molar-refractivity contribution >= 4 is 5.91 Å². The molecule has 5 nitrogen and oxygen atoms in total. The second-order valence-corrected chi connectivity index (χ2v) is 5.12. The molecule has 0 saturated carbocycles. The Bertz CT molecular complexity index is 447. The van der Waals surface area contributed by atoms with Gasteiger partial charge in [0.15, 0.2) is 6.10 Å². The van der Waals surface area contributed by atoms with Gasteiger partial charge in [0.2, 0.25) is 0 Å². The van der Waals surface area contributed by atoms with Crippen LogP contribution in [0.2, 0.25) is 0 Å². The molecule has 0 spiro atoms. The molecule has 1 aromatic carbocycles. The summed E-state index contributed by atoms with van der Waals surface area (Å²) in [5, 5.41) is 0. The number of hydrogen-bond acceptors (Lipinski definition) is 4. The molecule has 0 radical (unpaired) electrons. The van der Waals surface area contributed by atoms with E-state index in [4.69, 9.17) is 15.2 Å². The topological polar surface area (TPSA) is 64.8 Å². The Morgan fingerprint density at radius 3 is 2.60 bits per heavy atom. The third-order valence-electron chi connectivity index (χ3n) is 3.49. The molecular formula is C15H22N2O3. The van der Waals surface area contributed by atoms with Crippen molar-refractivity contribution in [2.24, 2.45) is 5.73 Å². The molecule has 0 aromatic heterocycles. The van der Waals surface area contributed by atoms with Gasteiger partial charge in [0.05, 0.1) is 7.11 Å². The summed E-state index contributed by atoms with van der Waals surface area (Å²) in [6.45, 7) is 3.16. The average Bonchev–Trinajstić information content (AvgIpc) is 2.47. The first-order valence-electron chi connectivity index (χ1n) is 6.95. The fraction of sp³-hybridized carbons (Fsp3) is 0.533. The number of likely N-dealkylation sites (tertiary alicyclic amines) is 1. The molecule has 2 atom stereocenters. The molecule has 20 heavy (non-hydrogen) atoms. The smallest absolute Gasteiger partial charge is 0.263 e. The van der Waals surface area contributed by atoms with Crippen LogP contribution in [0.4, 0.5) is 0 Å². The molecule has 0 bridgehead atoms. The third kappa shape index (κ3) is 3.63. The largest absolute Gasteiger partial charge is 0.497 e. The van der Waals surface area contributed by atoms with Gasteiger partial charge in [0.25, 0.3) is 5.91 Å². The number of nitrogens with zero attached hydrogens (tertiary/aromatic N) is 1. The van der Waals surface area contributed by atoms with E-state index in [1.165, 1.54) is 0 Å². The number of rotatable bonds is 4. The number of hydrogen-bond donors (Lipinski definition) is 1. The lowest BCUT2D eigenvalue weighted by Crippen LogP contribution is -2.49. The molecule has 2 rings (SSSR count). The molecule has 1 aromatic rings. The number of piperidine rings is 1. The summed E-state index contributed by atoms with van der Waals surface area (Å²) in [6, 6.07) is 7.29. The average molecular weight is 278 g/mol. The number of carbonyl (C=O) groups is 1. The molecule has 0 aliphatic carbocycles. The highest BCUT2D eigenvalue weighted by Crippen LogP contribution is 2.19. The van der Waals surface area contributed by atoms with Crippen molar-refractivity contribution in [1.82, 2.24) is 4.90 Å². The Balaban J connectivity index is 1.92. The molecule has 2 N–H and O–H groups in total. The molecule has 5 heteroatoms. The highest BCUT2D eigenvalue weighted by molar-refractivity contribution is 5.81. The van der Waals surface area contributed by atoms with Crippen LogP contribution in [-0.4, -0.2) is 43.2 Å². The minimum atomic E-state index is -0.506. The summed E-state index contributed by atoms with van der Waals surface area (Å²) in [5.74, 6) is 1.42. The van der Waals surface area contributed by atoms with Gasteiger partial charge in [-0.1, -0.05) is 0 Å². The minimum absolute atomic E-state index is 0.00373. The van der Waals surface area contributed by atoms with E-state index in [0.717, 1.165) is 25.1 Å². The van der Waals surface area contributed by atoms with E-state index in [1.54, 1.807) is 31.1 Å². The predicted molar refractivity (Wildman–Crippen MR) is 76.9 cm³/mol. The highest BCUT2D eigenvalue weighted by Gasteiger charge is 2.26. The molecule has 1 aliphatic rings. The second kappa shape index (κ2) is 6.61. The maximum atomic E-state index is 12.3. The fourth-order valence-electron chi connectivity index (χ4n) is 2.38. The number of carbonyl (C=O) groups excluding carboxylic acids is 1. The number of ether oxygens (including phenoxy) is 2. The van der Waals surface area contributed by atoms with E-state index in [-0.39, 0.29) is 11.9 Å². The quantitative estimate of drug-likeness (QED) is 0.904. The van der Waals surface area contributed by atoms with Crippen LogP contribution in [0, 0.1) is 0 Å². The van der Waals surface area contributed by atoms with Gasteiger partial charge in [-0.25, -0.2) is 0 Å². The summed E-state index contributed by atoms with van der Waals surface area (Å²) < 4.78 is 10.8. The zero-order valence-corrected chi connectivity index (χ0v) is 12.0. The first-order chi connectivity index (χ1) is 9.60. The fourth-order valence-corrected chi connectivity index (χ4v) is 2.38.